The summed E-state index contributed by atoms with van der Waals surface area (Å²) in [6.07, 6.45) is 7.53. The highest BCUT2D eigenvalue weighted by Gasteiger charge is 2.25. The van der Waals surface area contributed by atoms with Gasteiger partial charge in [0.25, 0.3) is 0 Å². The summed E-state index contributed by atoms with van der Waals surface area (Å²) in [6.45, 7) is 5.70. The number of aryl methyl sites for hydroxylation is 2. The molecule has 0 unspecified atom stereocenters. The molecule has 2 aromatic heterocycles. The fourth-order valence-corrected chi connectivity index (χ4v) is 2.94. The minimum absolute atomic E-state index is 0.184. The molecular weight excluding hydrogens is 302 g/mol. The maximum Gasteiger partial charge on any atom is 0.223 e. The molecule has 3 heterocycles. The molecule has 0 radical (unpaired) electrons. The van der Waals surface area contributed by atoms with Gasteiger partial charge in [0.05, 0.1) is 6.54 Å². The Hall–Kier alpha value is -2.17. The van der Waals surface area contributed by atoms with Crippen molar-refractivity contribution in [1.29, 1.82) is 0 Å². The summed E-state index contributed by atoms with van der Waals surface area (Å²) in [5, 5.41) is 0. The number of aromatic nitrogens is 2. The van der Waals surface area contributed by atoms with Crippen LogP contribution in [0.2, 0.25) is 0 Å². The molecule has 1 amide bonds. The van der Waals surface area contributed by atoms with Gasteiger partial charge in [-0.2, -0.15) is 0 Å². The van der Waals surface area contributed by atoms with E-state index < -0.39 is 0 Å². The maximum absolute atomic E-state index is 12.5. The Balaban J connectivity index is 1.55. The van der Waals surface area contributed by atoms with Crippen molar-refractivity contribution in [1.82, 2.24) is 14.9 Å². The van der Waals surface area contributed by atoms with Crippen molar-refractivity contribution < 1.29 is 9.21 Å². The van der Waals surface area contributed by atoms with Crippen LogP contribution in [0, 0.1) is 5.92 Å². The molecule has 0 saturated heterocycles. The largest absolute Gasteiger partial charge is 0.445 e. The Morgan fingerprint density at radius 1 is 1.29 bits per heavy atom. The number of amides is 1. The molecule has 0 N–H and O–H groups in total. The van der Waals surface area contributed by atoms with E-state index >= 15 is 0 Å². The number of nitrogens with zero attached hydrogens (tertiary/aromatic N) is 3. The predicted molar refractivity (Wildman–Crippen MR) is 91.3 cm³/mol. The standard InChI is InChI=1S/C19H25N3O2/c1-14(2)3-5-18-21-16-13-22(12-9-17(16)24-18)19(23)6-4-15-7-10-20-11-8-15/h7-8,10-11,14H,3-6,9,12-13H2,1-2H3. The van der Waals surface area contributed by atoms with Gasteiger partial charge in [-0.1, -0.05) is 13.8 Å². The normalized spacial score (nSPS) is 14.0. The van der Waals surface area contributed by atoms with E-state index in [4.69, 9.17) is 4.42 Å². The van der Waals surface area contributed by atoms with E-state index in [1.54, 1.807) is 12.4 Å². The van der Waals surface area contributed by atoms with E-state index in [0.717, 1.165) is 55.1 Å². The third kappa shape index (κ3) is 4.22. The van der Waals surface area contributed by atoms with Crippen LogP contribution in [0.3, 0.4) is 0 Å². The second-order valence-corrected chi connectivity index (χ2v) is 6.83. The summed E-state index contributed by atoms with van der Waals surface area (Å²) in [4.78, 5) is 23.0. The van der Waals surface area contributed by atoms with Crippen LogP contribution >= 0.6 is 0 Å². The number of hydrogen-bond donors (Lipinski definition) is 0. The SMILES string of the molecule is CC(C)CCc1nc2c(o1)CCN(C(=O)CCc1ccncc1)C2. The van der Waals surface area contributed by atoms with Crippen molar-refractivity contribution in [2.45, 2.75) is 52.5 Å². The smallest absolute Gasteiger partial charge is 0.223 e. The lowest BCUT2D eigenvalue weighted by molar-refractivity contribution is -0.132. The molecule has 0 aromatic carbocycles. The van der Waals surface area contributed by atoms with Gasteiger partial charge in [0.2, 0.25) is 5.91 Å². The van der Waals surface area contributed by atoms with Crippen molar-refractivity contribution in [2.75, 3.05) is 6.54 Å². The van der Waals surface area contributed by atoms with Crippen LogP contribution in [0.4, 0.5) is 0 Å². The first kappa shape index (κ1) is 16.7. The van der Waals surface area contributed by atoms with Crippen molar-refractivity contribution in [3.05, 3.63) is 47.4 Å². The second-order valence-electron chi connectivity index (χ2n) is 6.83. The van der Waals surface area contributed by atoms with E-state index in [1.165, 1.54) is 0 Å². The van der Waals surface area contributed by atoms with Crippen molar-refractivity contribution in [3.8, 4) is 0 Å². The lowest BCUT2D eigenvalue weighted by atomic mass is 10.1. The van der Waals surface area contributed by atoms with Gasteiger partial charge in [-0.3, -0.25) is 9.78 Å². The van der Waals surface area contributed by atoms with Crippen LogP contribution in [0.15, 0.2) is 28.9 Å². The number of fused-ring (bicyclic) bond motifs is 1. The summed E-state index contributed by atoms with van der Waals surface area (Å²) in [6, 6.07) is 3.92. The third-order valence-electron chi connectivity index (χ3n) is 4.44. The second kappa shape index (κ2) is 7.60. The van der Waals surface area contributed by atoms with Gasteiger partial charge in [0, 0.05) is 38.2 Å². The molecule has 0 aliphatic carbocycles. The first-order chi connectivity index (χ1) is 11.6. The van der Waals surface area contributed by atoms with E-state index in [-0.39, 0.29) is 5.91 Å². The maximum atomic E-state index is 12.5. The molecule has 0 bridgehead atoms. The van der Waals surface area contributed by atoms with Crippen molar-refractivity contribution in [3.63, 3.8) is 0 Å². The van der Waals surface area contributed by atoms with Gasteiger partial charge in [-0.05, 0) is 36.5 Å². The first-order valence-electron chi connectivity index (χ1n) is 8.76. The number of oxazole rings is 1. The molecule has 128 valence electrons. The van der Waals surface area contributed by atoms with Gasteiger partial charge in [-0.25, -0.2) is 4.98 Å². The van der Waals surface area contributed by atoms with Gasteiger partial charge in [0.15, 0.2) is 5.89 Å². The fraction of sp³-hybridized carbons (Fsp3) is 0.526. The highest BCUT2D eigenvalue weighted by atomic mass is 16.4. The average molecular weight is 327 g/mol. The zero-order valence-corrected chi connectivity index (χ0v) is 14.5. The number of carbonyl (C=O) groups excluding carboxylic acids is 1. The molecule has 0 fully saturated rings. The number of rotatable bonds is 6. The number of pyridine rings is 1. The van der Waals surface area contributed by atoms with E-state index in [0.29, 0.717) is 18.9 Å². The van der Waals surface area contributed by atoms with Crippen molar-refractivity contribution in [2.24, 2.45) is 5.92 Å². The van der Waals surface area contributed by atoms with Gasteiger partial charge in [-0.15, -0.1) is 0 Å². The van der Waals surface area contributed by atoms with E-state index in [9.17, 15) is 4.79 Å². The van der Waals surface area contributed by atoms with E-state index in [2.05, 4.69) is 23.8 Å². The van der Waals surface area contributed by atoms with Crippen molar-refractivity contribution >= 4 is 5.91 Å². The summed E-state index contributed by atoms with van der Waals surface area (Å²) in [5.41, 5.74) is 2.09. The van der Waals surface area contributed by atoms with Gasteiger partial charge < -0.3 is 9.32 Å². The van der Waals surface area contributed by atoms with Crippen LogP contribution in [-0.2, 0) is 30.6 Å². The van der Waals surface area contributed by atoms with Crippen LogP contribution in [0.5, 0.6) is 0 Å². The minimum Gasteiger partial charge on any atom is -0.445 e. The Labute approximate surface area is 143 Å². The zero-order chi connectivity index (χ0) is 16.9. The molecule has 5 nitrogen and oxygen atoms in total. The monoisotopic (exact) mass is 327 g/mol. The molecule has 5 heteroatoms. The van der Waals surface area contributed by atoms with Crippen LogP contribution in [0.25, 0.3) is 0 Å². The first-order valence-corrected chi connectivity index (χ1v) is 8.76. The lowest BCUT2D eigenvalue weighted by Gasteiger charge is -2.25. The molecule has 0 atom stereocenters. The Morgan fingerprint density at radius 2 is 2.08 bits per heavy atom. The summed E-state index contributed by atoms with van der Waals surface area (Å²) < 4.78 is 5.86. The van der Waals surface area contributed by atoms with Crippen LogP contribution in [-0.4, -0.2) is 27.3 Å². The third-order valence-corrected chi connectivity index (χ3v) is 4.44. The summed E-state index contributed by atoms with van der Waals surface area (Å²) >= 11 is 0. The molecule has 3 rings (SSSR count). The Bertz CT molecular complexity index is 679. The summed E-state index contributed by atoms with van der Waals surface area (Å²) in [7, 11) is 0. The highest BCUT2D eigenvalue weighted by molar-refractivity contribution is 5.76. The zero-order valence-electron chi connectivity index (χ0n) is 14.5. The molecule has 1 aliphatic rings. The highest BCUT2D eigenvalue weighted by Crippen LogP contribution is 2.22. The Morgan fingerprint density at radius 3 is 2.83 bits per heavy atom. The number of carbonyl (C=O) groups is 1. The van der Waals surface area contributed by atoms with Gasteiger partial charge in [0.1, 0.15) is 11.5 Å². The fourth-order valence-electron chi connectivity index (χ4n) is 2.94. The summed E-state index contributed by atoms with van der Waals surface area (Å²) in [5.74, 6) is 2.61. The quantitative estimate of drug-likeness (QED) is 0.817. The molecule has 1 aliphatic heterocycles. The lowest BCUT2D eigenvalue weighted by Crippen LogP contribution is -2.35. The molecule has 24 heavy (non-hydrogen) atoms. The van der Waals surface area contributed by atoms with Crippen LogP contribution < -0.4 is 0 Å². The average Bonchev–Trinajstić information content (AvgIpc) is 3.01. The molecule has 0 spiro atoms. The molecule has 0 saturated carbocycles. The molecular formula is C19H25N3O2. The van der Waals surface area contributed by atoms with E-state index in [1.807, 2.05) is 17.0 Å². The predicted octanol–water partition coefficient (Wildman–Crippen LogP) is 3.18. The van der Waals surface area contributed by atoms with Crippen LogP contribution in [0.1, 0.15) is 49.6 Å². The number of hydrogen-bond acceptors (Lipinski definition) is 4. The van der Waals surface area contributed by atoms with Gasteiger partial charge >= 0.3 is 0 Å². The topological polar surface area (TPSA) is 59.2 Å². The minimum atomic E-state index is 0.184. The molecule has 2 aromatic rings. The Kier molecular flexibility index (Phi) is 5.28.